The van der Waals surface area contributed by atoms with Gasteiger partial charge in [-0.15, -0.1) is 11.8 Å². The molecule has 1 aromatic rings. The van der Waals surface area contributed by atoms with Gasteiger partial charge >= 0.3 is 5.97 Å². The fourth-order valence-electron chi connectivity index (χ4n) is 2.41. The standard InChI is InChI=1S/C15H19NO4S/c1-10-3-4-12(21-2)8-13(10)15(19)16-5-6-20-9-11(16)7-14(17)18/h3-4,8,11H,5-7,9H2,1-2H3,(H,17,18). The van der Waals surface area contributed by atoms with Gasteiger partial charge < -0.3 is 14.7 Å². The summed E-state index contributed by atoms with van der Waals surface area (Å²) in [4.78, 5) is 26.3. The van der Waals surface area contributed by atoms with Crippen molar-refractivity contribution in [2.45, 2.75) is 24.3 Å². The zero-order valence-electron chi connectivity index (χ0n) is 12.2. The fraction of sp³-hybridized carbons (Fsp3) is 0.467. The van der Waals surface area contributed by atoms with E-state index in [1.54, 1.807) is 16.7 Å². The van der Waals surface area contributed by atoms with Crippen LogP contribution in [-0.2, 0) is 9.53 Å². The molecule has 0 aliphatic carbocycles. The quantitative estimate of drug-likeness (QED) is 0.862. The SMILES string of the molecule is CSc1ccc(C)c(C(=O)N2CCOCC2CC(=O)O)c1. The summed E-state index contributed by atoms with van der Waals surface area (Å²) in [7, 11) is 0. The van der Waals surface area contributed by atoms with Crippen LogP contribution < -0.4 is 0 Å². The highest BCUT2D eigenvalue weighted by atomic mass is 32.2. The molecule has 21 heavy (non-hydrogen) atoms. The first-order valence-corrected chi connectivity index (χ1v) is 8.00. The second kappa shape index (κ2) is 6.95. The Balaban J connectivity index is 2.26. The molecule has 0 saturated carbocycles. The summed E-state index contributed by atoms with van der Waals surface area (Å²) in [6, 6.07) is 5.37. The Kier molecular flexibility index (Phi) is 5.25. The minimum absolute atomic E-state index is 0.0903. The normalized spacial score (nSPS) is 18.6. The van der Waals surface area contributed by atoms with Crippen LogP contribution in [0.5, 0.6) is 0 Å². The Labute approximate surface area is 128 Å². The topological polar surface area (TPSA) is 66.8 Å². The molecule has 6 heteroatoms. The zero-order chi connectivity index (χ0) is 15.4. The molecule has 1 fully saturated rings. The van der Waals surface area contributed by atoms with E-state index >= 15 is 0 Å². The van der Waals surface area contributed by atoms with Gasteiger partial charge in [-0.25, -0.2) is 0 Å². The highest BCUT2D eigenvalue weighted by Gasteiger charge is 2.30. The molecule has 0 spiro atoms. The number of morpholine rings is 1. The third kappa shape index (κ3) is 3.77. The van der Waals surface area contributed by atoms with Crippen LogP contribution in [0.2, 0.25) is 0 Å². The highest BCUT2D eigenvalue weighted by Crippen LogP contribution is 2.22. The third-order valence-electron chi connectivity index (χ3n) is 3.57. The molecule has 5 nitrogen and oxygen atoms in total. The molecule has 1 aliphatic heterocycles. The van der Waals surface area contributed by atoms with Gasteiger partial charge in [0.2, 0.25) is 0 Å². The lowest BCUT2D eigenvalue weighted by Gasteiger charge is -2.35. The molecule has 1 amide bonds. The van der Waals surface area contributed by atoms with E-state index in [0.29, 0.717) is 18.7 Å². The molecule has 1 aromatic carbocycles. The van der Waals surface area contributed by atoms with E-state index in [-0.39, 0.29) is 18.9 Å². The van der Waals surface area contributed by atoms with Crippen molar-refractivity contribution in [2.75, 3.05) is 26.0 Å². The van der Waals surface area contributed by atoms with Crippen LogP contribution in [0.4, 0.5) is 0 Å². The first kappa shape index (κ1) is 15.9. The summed E-state index contributed by atoms with van der Waals surface area (Å²) in [5.74, 6) is -1.03. The lowest BCUT2D eigenvalue weighted by atomic mass is 10.0. The summed E-state index contributed by atoms with van der Waals surface area (Å²) in [6.45, 7) is 3.05. The molecular weight excluding hydrogens is 290 g/mol. The summed E-state index contributed by atoms with van der Waals surface area (Å²) in [5, 5.41) is 8.98. The molecular formula is C15H19NO4S. The molecule has 2 rings (SSSR count). The molecule has 1 saturated heterocycles. The van der Waals surface area contributed by atoms with Crippen LogP contribution in [0.25, 0.3) is 0 Å². The van der Waals surface area contributed by atoms with Gasteiger partial charge in [-0.2, -0.15) is 0 Å². The molecule has 114 valence electrons. The van der Waals surface area contributed by atoms with E-state index in [4.69, 9.17) is 9.84 Å². The number of carboxylic acid groups (broad SMARTS) is 1. The van der Waals surface area contributed by atoms with Crippen molar-refractivity contribution in [3.63, 3.8) is 0 Å². The molecule has 1 aliphatic rings. The van der Waals surface area contributed by atoms with Crippen LogP contribution >= 0.6 is 11.8 Å². The van der Waals surface area contributed by atoms with Gasteiger partial charge in [0.05, 0.1) is 25.7 Å². The third-order valence-corrected chi connectivity index (χ3v) is 4.30. The van der Waals surface area contributed by atoms with Crippen molar-refractivity contribution >= 4 is 23.6 Å². The average Bonchev–Trinajstić information content (AvgIpc) is 2.47. The summed E-state index contributed by atoms with van der Waals surface area (Å²) in [6.07, 6.45) is 1.87. The van der Waals surface area contributed by atoms with Crippen molar-refractivity contribution < 1.29 is 19.4 Å². The number of rotatable bonds is 4. The van der Waals surface area contributed by atoms with Crippen LogP contribution in [0.15, 0.2) is 23.1 Å². The Hall–Kier alpha value is -1.53. The van der Waals surface area contributed by atoms with Crippen LogP contribution in [0, 0.1) is 6.92 Å². The first-order valence-electron chi connectivity index (χ1n) is 6.78. The number of amides is 1. The Morgan fingerprint density at radius 2 is 2.24 bits per heavy atom. The number of ether oxygens (including phenoxy) is 1. The predicted molar refractivity (Wildman–Crippen MR) is 80.9 cm³/mol. The molecule has 0 aromatic heterocycles. The minimum Gasteiger partial charge on any atom is -0.481 e. The van der Waals surface area contributed by atoms with Gasteiger partial charge in [0.25, 0.3) is 5.91 Å². The molecule has 0 radical (unpaired) electrons. The van der Waals surface area contributed by atoms with E-state index in [0.717, 1.165) is 10.5 Å². The number of carbonyl (C=O) groups is 2. The number of nitrogens with zero attached hydrogens (tertiary/aromatic N) is 1. The van der Waals surface area contributed by atoms with Crippen molar-refractivity contribution in [3.05, 3.63) is 29.3 Å². The Morgan fingerprint density at radius 3 is 2.90 bits per heavy atom. The Morgan fingerprint density at radius 1 is 1.48 bits per heavy atom. The smallest absolute Gasteiger partial charge is 0.305 e. The molecule has 1 atom stereocenters. The number of aliphatic carboxylic acids is 1. The number of hydrogen-bond donors (Lipinski definition) is 1. The van der Waals surface area contributed by atoms with E-state index in [9.17, 15) is 9.59 Å². The van der Waals surface area contributed by atoms with Gasteiger partial charge in [0.1, 0.15) is 0 Å². The number of thioether (sulfide) groups is 1. The highest BCUT2D eigenvalue weighted by molar-refractivity contribution is 7.98. The van der Waals surface area contributed by atoms with Gasteiger partial charge in [-0.05, 0) is 30.9 Å². The summed E-state index contributed by atoms with van der Waals surface area (Å²) < 4.78 is 5.31. The molecule has 1 heterocycles. The number of hydrogen-bond acceptors (Lipinski definition) is 4. The van der Waals surface area contributed by atoms with Crippen LogP contribution in [-0.4, -0.2) is 53.9 Å². The fourth-order valence-corrected chi connectivity index (χ4v) is 2.85. The summed E-state index contributed by atoms with van der Waals surface area (Å²) in [5.41, 5.74) is 1.54. The molecule has 1 unspecified atom stereocenters. The molecule has 1 N–H and O–H groups in total. The largest absolute Gasteiger partial charge is 0.481 e. The van der Waals surface area contributed by atoms with Gasteiger partial charge in [0, 0.05) is 17.0 Å². The van der Waals surface area contributed by atoms with E-state index in [1.165, 1.54) is 0 Å². The van der Waals surface area contributed by atoms with Crippen molar-refractivity contribution in [1.82, 2.24) is 4.90 Å². The average molecular weight is 309 g/mol. The van der Waals surface area contributed by atoms with Crippen LogP contribution in [0.3, 0.4) is 0 Å². The van der Waals surface area contributed by atoms with Gasteiger partial charge in [0.15, 0.2) is 0 Å². The number of carboxylic acids is 1. The van der Waals surface area contributed by atoms with Gasteiger partial charge in [-0.1, -0.05) is 6.07 Å². The number of aryl methyl sites for hydroxylation is 1. The molecule has 0 bridgehead atoms. The maximum Gasteiger partial charge on any atom is 0.305 e. The van der Waals surface area contributed by atoms with E-state index < -0.39 is 12.0 Å². The van der Waals surface area contributed by atoms with Crippen molar-refractivity contribution in [1.29, 1.82) is 0 Å². The van der Waals surface area contributed by atoms with Crippen molar-refractivity contribution in [3.8, 4) is 0 Å². The first-order chi connectivity index (χ1) is 10.0. The second-order valence-electron chi connectivity index (χ2n) is 5.01. The Bertz CT molecular complexity index is 546. The maximum atomic E-state index is 12.7. The summed E-state index contributed by atoms with van der Waals surface area (Å²) >= 11 is 1.58. The second-order valence-corrected chi connectivity index (χ2v) is 5.89. The number of benzene rings is 1. The number of carbonyl (C=O) groups excluding carboxylic acids is 1. The maximum absolute atomic E-state index is 12.7. The minimum atomic E-state index is -0.919. The van der Waals surface area contributed by atoms with Crippen molar-refractivity contribution in [2.24, 2.45) is 0 Å². The van der Waals surface area contributed by atoms with E-state index in [1.807, 2.05) is 31.4 Å². The zero-order valence-corrected chi connectivity index (χ0v) is 13.0. The lowest BCUT2D eigenvalue weighted by molar-refractivity contribution is -0.139. The van der Waals surface area contributed by atoms with E-state index in [2.05, 4.69) is 0 Å². The van der Waals surface area contributed by atoms with Gasteiger partial charge in [-0.3, -0.25) is 9.59 Å². The predicted octanol–water partition coefficient (Wildman–Crippen LogP) is 2.03. The monoisotopic (exact) mass is 309 g/mol. The lowest BCUT2D eigenvalue weighted by Crippen LogP contribution is -2.49. The van der Waals surface area contributed by atoms with Crippen LogP contribution in [0.1, 0.15) is 22.3 Å².